The van der Waals surface area contributed by atoms with Crippen molar-refractivity contribution in [2.45, 2.75) is 32.1 Å². The Morgan fingerprint density at radius 2 is 2.07 bits per heavy atom. The first kappa shape index (κ1) is 20.0. The van der Waals surface area contributed by atoms with Crippen molar-refractivity contribution in [1.29, 1.82) is 0 Å². The van der Waals surface area contributed by atoms with Crippen LogP contribution < -0.4 is 10.1 Å². The Morgan fingerprint density at radius 3 is 2.79 bits per heavy atom. The third-order valence-electron chi connectivity index (χ3n) is 6.40. The van der Waals surface area contributed by atoms with E-state index in [-0.39, 0.29) is 23.1 Å². The predicted octanol–water partition coefficient (Wildman–Crippen LogP) is 3.29. The molecule has 1 spiro atoms. The summed E-state index contributed by atoms with van der Waals surface area (Å²) < 4.78 is 5.25. The molecule has 2 fully saturated rings. The number of likely N-dealkylation sites (tertiary alicyclic amines) is 1. The van der Waals surface area contributed by atoms with E-state index in [9.17, 15) is 9.59 Å². The summed E-state index contributed by atoms with van der Waals surface area (Å²) in [6.07, 6.45) is 4.13. The van der Waals surface area contributed by atoms with E-state index >= 15 is 0 Å². The largest absolute Gasteiger partial charge is 0.497 e. The molecule has 1 atom stereocenters. The second-order valence-electron chi connectivity index (χ2n) is 8.20. The van der Waals surface area contributed by atoms with Gasteiger partial charge in [-0.3, -0.25) is 9.59 Å². The topological polar surface area (TPSA) is 58.6 Å². The Morgan fingerprint density at radius 1 is 1.24 bits per heavy atom. The molecule has 2 heterocycles. The van der Waals surface area contributed by atoms with Gasteiger partial charge in [0, 0.05) is 25.6 Å². The van der Waals surface area contributed by atoms with E-state index in [0.717, 1.165) is 55.6 Å². The zero-order valence-corrected chi connectivity index (χ0v) is 17.7. The summed E-state index contributed by atoms with van der Waals surface area (Å²) in [5.41, 5.74) is 2.38. The van der Waals surface area contributed by atoms with E-state index in [1.807, 2.05) is 39.9 Å². The number of ether oxygens (including phenoxy) is 1. The highest BCUT2D eigenvalue weighted by Gasteiger charge is 2.58. The summed E-state index contributed by atoms with van der Waals surface area (Å²) in [5.74, 6) is 1.33. The van der Waals surface area contributed by atoms with E-state index in [1.54, 1.807) is 18.4 Å². The molecule has 29 heavy (non-hydrogen) atoms. The van der Waals surface area contributed by atoms with Gasteiger partial charge in [0.2, 0.25) is 11.8 Å². The van der Waals surface area contributed by atoms with Crippen LogP contribution in [-0.2, 0) is 22.4 Å². The number of piperidine rings is 1. The summed E-state index contributed by atoms with van der Waals surface area (Å²) >= 11 is 1.63. The van der Waals surface area contributed by atoms with E-state index in [0.29, 0.717) is 13.0 Å². The second kappa shape index (κ2) is 8.57. The number of nitrogens with one attached hydrogen (secondary N) is 1. The molecule has 1 aromatic carbocycles. The summed E-state index contributed by atoms with van der Waals surface area (Å²) in [6, 6.07) is 9.97. The molecule has 0 radical (unpaired) electrons. The average Bonchev–Trinajstić information content (AvgIpc) is 3.18. The maximum Gasteiger partial charge on any atom is 0.227 e. The predicted molar refractivity (Wildman–Crippen MR) is 114 cm³/mol. The van der Waals surface area contributed by atoms with Crippen LogP contribution in [0.5, 0.6) is 5.75 Å². The van der Waals surface area contributed by atoms with Crippen molar-refractivity contribution in [3.8, 4) is 5.75 Å². The standard InChI is InChI=1S/C23H28N2O3S/c1-28-19-4-2-3-17(13-19)5-9-24-22(27)20-15-23(20)7-10-25(11-8-23)21(26)14-18-6-12-29-16-18/h2-4,6,12-13,16,20H,5,7-11,14-15H2,1H3,(H,24,27)/t20-/m0/s1. The van der Waals surface area contributed by atoms with Crippen LogP contribution in [0.3, 0.4) is 0 Å². The second-order valence-corrected chi connectivity index (χ2v) is 8.98. The number of thiophene rings is 1. The number of methoxy groups -OCH3 is 1. The van der Waals surface area contributed by atoms with Gasteiger partial charge in [0.15, 0.2) is 0 Å². The van der Waals surface area contributed by atoms with E-state index in [2.05, 4.69) is 11.4 Å². The number of carbonyl (C=O) groups is 2. The van der Waals surface area contributed by atoms with Gasteiger partial charge >= 0.3 is 0 Å². The zero-order chi connectivity index (χ0) is 20.3. The maximum atomic E-state index is 12.6. The zero-order valence-electron chi connectivity index (χ0n) is 16.9. The van der Waals surface area contributed by atoms with E-state index in [4.69, 9.17) is 4.74 Å². The molecule has 1 N–H and O–H groups in total. The first-order chi connectivity index (χ1) is 14.1. The lowest BCUT2D eigenvalue weighted by Crippen LogP contribution is -2.41. The van der Waals surface area contributed by atoms with Crippen LogP contribution in [0, 0.1) is 11.3 Å². The summed E-state index contributed by atoms with van der Waals surface area (Å²) in [6.45, 7) is 2.19. The fraction of sp³-hybridized carbons (Fsp3) is 0.478. The number of nitrogens with zero attached hydrogens (tertiary/aromatic N) is 1. The highest BCUT2D eigenvalue weighted by Crippen LogP contribution is 2.59. The smallest absolute Gasteiger partial charge is 0.227 e. The van der Waals surface area contributed by atoms with Gasteiger partial charge in [-0.15, -0.1) is 0 Å². The van der Waals surface area contributed by atoms with Crippen LogP contribution in [0.4, 0.5) is 0 Å². The molecule has 1 saturated heterocycles. The van der Waals surface area contributed by atoms with Gasteiger partial charge in [0.05, 0.1) is 13.5 Å². The third-order valence-corrected chi connectivity index (χ3v) is 7.13. The lowest BCUT2D eigenvalue weighted by atomic mass is 9.90. The quantitative estimate of drug-likeness (QED) is 0.759. The van der Waals surface area contributed by atoms with Crippen LogP contribution >= 0.6 is 11.3 Å². The number of amides is 2. The average molecular weight is 413 g/mol. The molecule has 0 unspecified atom stereocenters. The van der Waals surface area contributed by atoms with Crippen molar-refractivity contribution in [2.24, 2.45) is 11.3 Å². The number of rotatable bonds is 7. The molecule has 0 bridgehead atoms. The molecule has 1 aromatic heterocycles. The Hall–Kier alpha value is -2.34. The summed E-state index contributed by atoms with van der Waals surface area (Å²) in [5, 5.41) is 7.15. The molecule has 5 nitrogen and oxygen atoms in total. The number of hydrogen-bond acceptors (Lipinski definition) is 4. The highest BCUT2D eigenvalue weighted by atomic mass is 32.1. The van der Waals surface area contributed by atoms with Crippen molar-refractivity contribution >= 4 is 23.2 Å². The van der Waals surface area contributed by atoms with E-state index in [1.165, 1.54) is 0 Å². The van der Waals surface area contributed by atoms with Crippen molar-refractivity contribution in [3.63, 3.8) is 0 Å². The molecule has 4 rings (SSSR count). The van der Waals surface area contributed by atoms with Gasteiger partial charge in [-0.25, -0.2) is 0 Å². The molecular formula is C23H28N2O3S. The fourth-order valence-electron chi connectivity index (χ4n) is 4.43. The van der Waals surface area contributed by atoms with Gasteiger partial charge in [-0.2, -0.15) is 11.3 Å². The lowest BCUT2D eigenvalue weighted by molar-refractivity contribution is -0.132. The molecule has 154 valence electrons. The lowest BCUT2D eigenvalue weighted by Gasteiger charge is -2.33. The minimum absolute atomic E-state index is 0.113. The molecule has 1 aliphatic carbocycles. The monoisotopic (exact) mass is 412 g/mol. The minimum Gasteiger partial charge on any atom is -0.497 e. The molecule has 2 aromatic rings. The maximum absolute atomic E-state index is 12.6. The minimum atomic E-state index is 0.113. The Kier molecular flexibility index (Phi) is 5.90. The summed E-state index contributed by atoms with van der Waals surface area (Å²) in [7, 11) is 1.66. The Labute approximate surface area is 176 Å². The Bertz CT molecular complexity index is 857. The van der Waals surface area contributed by atoms with Crippen LogP contribution in [-0.4, -0.2) is 43.5 Å². The number of carbonyl (C=O) groups excluding carboxylic acids is 2. The van der Waals surface area contributed by atoms with Crippen LogP contribution in [0.15, 0.2) is 41.1 Å². The van der Waals surface area contributed by atoms with Gasteiger partial charge in [0.1, 0.15) is 5.75 Å². The molecule has 2 aliphatic rings. The first-order valence-electron chi connectivity index (χ1n) is 10.3. The molecule has 1 saturated carbocycles. The van der Waals surface area contributed by atoms with Crippen LogP contribution in [0.25, 0.3) is 0 Å². The molecule has 2 amide bonds. The highest BCUT2D eigenvalue weighted by molar-refractivity contribution is 7.08. The fourth-order valence-corrected chi connectivity index (χ4v) is 5.10. The molecule has 1 aliphatic heterocycles. The van der Waals surface area contributed by atoms with Crippen LogP contribution in [0.1, 0.15) is 30.4 Å². The van der Waals surface area contributed by atoms with Crippen molar-refractivity contribution in [2.75, 3.05) is 26.7 Å². The van der Waals surface area contributed by atoms with Crippen LogP contribution in [0.2, 0.25) is 0 Å². The van der Waals surface area contributed by atoms with Crippen molar-refractivity contribution < 1.29 is 14.3 Å². The molecular weight excluding hydrogens is 384 g/mol. The summed E-state index contributed by atoms with van der Waals surface area (Å²) in [4.78, 5) is 27.1. The van der Waals surface area contributed by atoms with Crippen molar-refractivity contribution in [1.82, 2.24) is 10.2 Å². The third kappa shape index (κ3) is 4.64. The van der Waals surface area contributed by atoms with Gasteiger partial charge < -0.3 is 15.0 Å². The van der Waals surface area contributed by atoms with E-state index < -0.39 is 0 Å². The number of hydrogen-bond donors (Lipinski definition) is 1. The molecule has 6 heteroatoms. The van der Waals surface area contributed by atoms with Gasteiger partial charge in [-0.1, -0.05) is 12.1 Å². The Balaban J connectivity index is 1.20. The van der Waals surface area contributed by atoms with Gasteiger partial charge in [-0.05, 0) is 71.2 Å². The van der Waals surface area contributed by atoms with Crippen molar-refractivity contribution in [3.05, 3.63) is 52.2 Å². The first-order valence-corrected chi connectivity index (χ1v) is 11.2. The van der Waals surface area contributed by atoms with Gasteiger partial charge in [0.25, 0.3) is 0 Å². The number of benzene rings is 1. The normalized spacial score (nSPS) is 19.8. The SMILES string of the molecule is COc1cccc(CCNC(=O)[C@@H]2CC23CCN(C(=O)Cc2ccsc2)CC3)c1.